The lowest BCUT2D eigenvalue weighted by molar-refractivity contribution is -0.136. The number of aliphatic carboxylic acids is 1. The Balaban J connectivity index is 3.05. The average molecular weight is 288 g/mol. The average Bonchev–Trinajstić information content (AvgIpc) is 2.29. The third-order valence-corrected chi connectivity index (χ3v) is 2.78. The topological polar surface area (TPSA) is 121 Å². The Labute approximate surface area is 114 Å². The fourth-order valence-corrected chi connectivity index (χ4v) is 1.87. The highest BCUT2D eigenvalue weighted by atomic mass is 35.5. The standard InChI is InChI=1S/C12H14ClNO5/c13-7-2-1-6(3-11(17)18)8(4-7)12(19)9(15)5-10(14)16/h1-2,4,9,12,15,19H,3,5H2,(H2,14,16)(H,17,18). The van der Waals surface area contributed by atoms with E-state index in [9.17, 15) is 19.8 Å². The summed E-state index contributed by atoms with van der Waals surface area (Å²) in [5, 5.41) is 28.7. The summed E-state index contributed by atoms with van der Waals surface area (Å²) in [5.41, 5.74) is 5.41. The Kier molecular flexibility index (Phi) is 5.29. The number of carboxylic acid groups (broad SMARTS) is 1. The van der Waals surface area contributed by atoms with Gasteiger partial charge in [-0.1, -0.05) is 17.7 Å². The maximum atomic E-state index is 10.7. The van der Waals surface area contributed by atoms with Crippen LogP contribution in [-0.4, -0.2) is 33.3 Å². The second-order valence-corrected chi connectivity index (χ2v) is 4.53. The van der Waals surface area contributed by atoms with Crippen molar-refractivity contribution in [1.82, 2.24) is 0 Å². The number of benzene rings is 1. The fourth-order valence-electron chi connectivity index (χ4n) is 1.69. The summed E-state index contributed by atoms with van der Waals surface area (Å²) < 4.78 is 0. The molecule has 19 heavy (non-hydrogen) atoms. The molecule has 0 heterocycles. The molecule has 0 spiro atoms. The van der Waals surface area contributed by atoms with Gasteiger partial charge in [0.1, 0.15) is 6.10 Å². The predicted octanol–water partition coefficient (Wildman–Crippen LogP) is 0.237. The van der Waals surface area contributed by atoms with Crippen molar-refractivity contribution >= 4 is 23.5 Å². The van der Waals surface area contributed by atoms with Gasteiger partial charge in [0.15, 0.2) is 0 Å². The molecule has 0 fully saturated rings. The number of halogens is 1. The Morgan fingerprint density at radius 1 is 1.32 bits per heavy atom. The van der Waals surface area contributed by atoms with Crippen molar-refractivity contribution in [3.8, 4) is 0 Å². The first kappa shape index (κ1) is 15.4. The lowest BCUT2D eigenvalue weighted by Crippen LogP contribution is -2.26. The molecule has 0 bridgehead atoms. The van der Waals surface area contributed by atoms with Crippen molar-refractivity contribution in [3.05, 3.63) is 34.3 Å². The van der Waals surface area contributed by atoms with Gasteiger partial charge < -0.3 is 21.1 Å². The molecule has 104 valence electrons. The molecule has 0 aliphatic carbocycles. The van der Waals surface area contributed by atoms with Crippen LogP contribution >= 0.6 is 11.6 Å². The monoisotopic (exact) mass is 287 g/mol. The summed E-state index contributed by atoms with van der Waals surface area (Å²) in [6, 6.07) is 4.29. The zero-order valence-corrected chi connectivity index (χ0v) is 10.7. The van der Waals surface area contributed by atoms with E-state index < -0.39 is 30.5 Å². The largest absolute Gasteiger partial charge is 0.481 e. The molecule has 2 atom stereocenters. The van der Waals surface area contributed by atoms with Crippen LogP contribution in [0, 0.1) is 0 Å². The van der Waals surface area contributed by atoms with Crippen LogP contribution in [-0.2, 0) is 16.0 Å². The van der Waals surface area contributed by atoms with E-state index in [1.54, 1.807) is 0 Å². The lowest BCUT2D eigenvalue weighted by Gasteiger charge is -2.19. The van der Waals surface area contributed by atoms with Crippen LogP contribution in [0.1, 0.15) is 23.7 Å². The zero-order chi connectivity index (χ0) is 14.6. The number of hydrogen-bond donors (Lipinski definition) is 4. The first-order valence-electron chi connectivity index (χ1n) is 5.45. The van der Waals surface area contributed by atoms with Gasteiger partial charge in [0, 0.05) is 5.02 Å². The first-order valence-corrected chi connectivity index (χ1v) is 5.83. The highest BCUT2D eigenvalue weighted by molar-refractivity contribution is 6.30. The molecule has 1 aromatic carbocycles. The van der Waals surface area contributed by atoms with Crippen LogP contribution < -0.4 is 5.73 Å². The van der Waals surface area contributed by atoms with Gasteiger partial charge in [0.25, 0.3) is 0 Å². The summed E-state index contributed by atoms with van der Waals surface area (Å²) in [6.07, 6.45) is -3.60. The Bertz CT molecular complexity index is 491. The van der Waals surface area contributed by atoms with Gasteiger partial charge >= 0.3 is 5.97 Å². The van der Waals surface area contributed by atoms with Gasteiger partial charge in [0.05, 0.1) is 18.9 Å². The van der Waals surface area contributed by atoms with Crippen LogP contribution in [0.15, 0.2) is 18.2 Å². The molecule has 6 nitrogen and oxygen atoms in total. The second-order valence-electron chi connectivity index (χ2n) is 4.10. The molecule has 1 aromatic rings. The molecule has 1 rings (SSSR count). The Morgan fingerprint density at radius 3 is 2.47 bits per heavy atom. The first-order chi connectivity index (χ1) is 8.81. The predicted molar refractivity (Wildman–Crippen MR) is 67.6 cm³/mol. The lowest BCUT2D eigenvalue weighted by atomic mass is 9.95. The number of carbonyl (C=O) groups excluding carboxylic acids is 1. The summed E-state index contributed by atoms with van der Waals surface area (Å²) in [6.45, 7) is 0. The van der Waals surface area contributed by atoms with Crippen molar-refractivity contribution in [3.63, 3.8) is 0 Å². The van der Waals surface area contributed by atoms with Gasteiger partial charge in [-0.15, -0.1) is 0 Å². The Hall–Kier alpha value is -1.63. The van der Waals surface area contributed by atoms with Gasteiger partial charge in [-0.2, -0.15) is 0 Å². The third kappa shape index (κ3) is 4.51. The molecule has 2 unspecified atom stereocenters. The molecular formula is C12H14ClNO5. The number of carbonyl (C=O) groups is 2. The van der Waals surface area contributed by atoms with Crippen molar-refractivity contribution in [2.45, 2.75) is 25.0 Å². The molecule has 0 radical (unpaired) electrons. The summed E-state index contributed by atoms with van der Waals surface area (Å²) in [5.74, 6) is -1.85. The van der Waals surface area contributed by atoms with E-state index in [0.29, 0.717) is 5.56 Å². The number of primary amides is 1. The molecule has 7 heteroatoms. The number of amides is 1. The maximum Gasteiger partial charge on any atom is 0.307 e. The zero-order valence-electron chi connectivity index (χ0n) is 9.91. The maximum absolute atomic E-state index is 10.7. The second kappa shape index (κ2) is 6.51. The van der Waals surface area contributed by atoms with Crippen LogP contribution in [0.25, 0.3) is 0 Å². The SMILES string of the molecule is NC(=O)CC(O)C(O)c1cc(Cl)ccc1CC(=O)O. The van der Waals surface area contributed by atoms with Crippen LogP contribution in [0.3, 0.4) is 0 Å². The minimum atomic E-state index is -1.43. The van der Waals surface area contributed by atoms with E-state index in [1.165, 1.54) is 18.2 Å². The van der Waals surface area contributed by atoms with E-state index in [-0.39, 0.29) is 17.0 Å². The van der Waals surface area contributed by atoms with Crippen molar-refractivity contribution in [2.75, 3.05) is 0 Å². The molecule has 5 N–H and O–H groups in total. The van der Waals surface area contributed by atoms with Crippen LogP contribution in [0.4, 0.5) is 0 Å². The number of aliphatic hydroxyl groups is 2. The summed E-state index contributed by atoms with van der Waals surface area (Å²) in [4.78, 5) is 21.4. The van der Waals surface area contributed by atoms with E-state index in [0.717, 1.165) is 0 Å². The van der Waals surface area contributed by atoms with Gasteiger partial charge in [-0.05, 0) is 23.3 Å². The molecule has 0 aliphatic rings. The number of carboxylic acids is 1. The quantitative estimate of drug-likeness (QED) is 0.597. The molecule has 0 saturated carbocycles. The Morgan fingerprint density at radius 2 is 1.95 bits per heavy atom. The minimum Gasteiger partial charge on any atom is -0.481 e. The molecule has 0 aromatic heterocycles. The molecule has 1 amide bonds. The smallest absolute Gasteiger partial charge is 0.307 e. The van der Waals surface area contributed by atoms with Crippen LogP contribution in [0.5, 0.6) is 0 Å². The van der Waals surface area contributed by atoms with Gasteiger partial charge in [0.2, 0.25) is 5.91 Å². The summed E-state index contributed by atoms with van der Waals surface area (Å²) in [7, 11) is 0. The van der Waals surface area contributed by atoms with E-state index >= 15 is 0 Å². The highest BCUT2D eigenvalue weighted by Crippen LogP contribution is 2.26. The molecule has 0 aliphatic heterocycles. The normalized spacial score (nSPS) is 13.8. The number of rotatable bonds is 6. The van der Waals surface area contributed by atoms with Crippen LogP contribution in [0.2, 0.25) is 5.02 Å². The van der Waals surface area contributed by atoms with E-state index in [2.05, 4.69) is 0 Å². The van der Waals surface area contributed by atoms with Crippen molar-refractivity contribution in [1.29, 1.82) is 0 Å². The van der Waals surface area contributed by atoms with Crippen molar-refractivity contribution < 1.29 is 24.9 Å². The minimum absolute atomic E-state index is 0.170. The number of aliphatic hydroxyl groups excluding tert-OH is 2. The van der Waals surface area contributed by atoms with E-state index in [4.69, 9.17) is 22.4 Å². The molecule has 0 saturated heterocycles. The fraction of sp³-hybridized carbons (Fsp3) is 0.333. The highest BCUT2D eigenvalue weighted by Gasteiger charge is 2.23. The molecular weight excluding hydrogens is 274 g/mol. The van der Waals surface area contributed by atoms with Gasteiger partial charge in [-0.25, -0.2) is 0 Å². The number of hydrogen-bond acceptors (Lipinski definition) is 4. The van der Waals surface area contributed by atoms with Gasteiger partial charge in [-0.3, -0.25) is 9.59 Å². The number of nitrogens with two attached hydrogens (primary N) is 1. The van der Waals surface area contributed by atoms with Crippen molar-refractivity contribution in [2.24, 2.45) is 5.73 Å². The van der Waals surface area contributed by atoms with E-state index in [1.807, 2.05) is 0 Å². The third-order valence-electron chi connectivity index (χ3n) is 2.54. The summed E-state index contributed by atoms with van der Waals surface area (Å²) >= 11 is 5.78.